The Morgan fingerprint density at radius 2 is 2.19 bits per heavy atom. The average molecular weight is 368 g/mol. The van der Waals surface area contributed by atoms with E-state index in [4.69, 9.17) is 9.47 Å². The molecule has 8 heteroatoms. The van der Waals surface area contributed by atoms with Gasteiger partial charge in [-0.25, -0.2) is 9.18 Å². The number of carbonyl (C=O) groups excluding carboxylic acids is 1. The zero-order valence-electron chi connectivity index (χ0n) is 14.7. The number of hydrogen-bond acceptors (Lipinski definition) is 5. The van der Waals surface area contributed by atoms with Gasteiger partial charge >= 0.3 is 6.03 Å². The fraction of sp³-hybridized carbons (Fsp3) is 0.611. The van der Waals surface area contributed by atoms with Gasteiger partial charge < -0.3 is 30.3 Å². The molecule has 0 aromatic heterocycles. The van der Waals surface area contributed by atoms with Gasteiger partial charge in [0.15, 0.2) is 0 Å². The monoisotopic (exact) mass is 368 g/mol. The van der Waals surface area contributed by atoms with Crippen molar-refractivity contribution in [3.63, 3.8) is 0 Å². The third-order valence-electron chi connectivity index (χ3n) is 5.29. The van der Waals surface area contributed by atoms with Crippen molar-refractivity contribution >= 4 is 6.03 Å². The molecular weight excluding hydrogens is 343 g/mol. The molecule has 0 radical (unpaired) electrons. The first-order valence-electron chi connectivity index (χ1n) is 8.72. The third kappa shape index (κ3) is 3.83. The Kier molecular flexibility index (Phi) is 5.76. The maximum absolute atomic E-state index is 13.6. The minimum Gasteiger partial charge on any atom is -0.391 e. The molecule has 144 valence electrons. The molecule has 1 saturated carbocycles. The molecule has 2 aliphatic rings. The quantitative estimate of drug-likeness (QED) is 0.608. The summed E-state index contributed by atoms with van der Waals surface area (Å²) in [7, 11) is 1.58. The van der Waals surface area contributed by atoms with Crippen molar-refractivity contribution < 1.29 is 28.9 Å². The van der Waals surface area contributed by atoms with Gasteiger partial charge in [0.1, 0.15) is 11.4 Å². The number of nitrogens with one attached hydrogen (secondary N) is 2. The van der Waals surface area contributed by atoms with Crippen LogP contribution in [-0.4, -0.2) is 60.4 Å². The van der Waals surface area contributed by atoms with Crippen LogP contribution >= 0.6 is 0 Å². The van der Waals surface area contributed by atoms with Gasteiger partial charge in [0.25, 0.3) is 0 Å². The molecule has 1 aliphatic carbocycles. The van der Waals surface area contributed by atoms with E-state index in [2.05, 4.69) is 10.6 Å². The molecule has 0 spiro atoms. The summed E-state index contributed by atoms with van der Waals surface area (Å²) in [6.45, 7) is 0.445. The van der Waals surface area contributed by atoms with Gasteiger partial charge in [-0.1, -0.05) is 18.2 Å². The molecule has 4 N–H and O–H groups in total. The van der Waals surface area contributed by atoms with Crippen molar-refractivity contribution in [1.29, 1.82) is 0 Å². The zero-order chi connectivity index (χ0) is 18.7. The van der Waals surface area contributed by atoms with E-state index < -0.39 is 29.6 Å². The lowest BCUT2D eigenvalue weighted by molar-refractivity contribution is -0.163. The van der Waals surface area contributed by atoms with Gasteiger partial charge in [-0.05, 0) is 24.8 Å². The van der Waals surface area contributed by atoms with E-state index in [1.54, 1.807) is 25.3 Å². The fourth-order valence-corrected chi connectivity index (χ4v) is 3.90. The Balaban J connectivity index is 1.58. The van der Waals surface area contributed by atoms with Crippen LogP contribution in [0.3, 0.4) is 0 Å². The molecule has 1 saturated heterocycles. The van der Waals surface area contributed by atoms with Crippen LogP contribution in [0.1, 0.15) is 18.4 Å². The van der Waals surface area contributed by atoms with E-state index >= 15 is 0 Å². The maximum Gasteiger partial charge on any atom is 0.315 e. The number of ether oxygens (including phenoxy) is 2. The maximum atomic E-state index is 13.6. The highest BCUT2D eigenvalue weighted by Crippen LogP contribution is 2.42. The molecule has 1 aromatic carbocycles. The standard InChI is InChI=1S/C18H25FN2O5/c1-25-9-13-6-12-7-15(22)16(18(12,24)10-26-13)21-17(23)20-8-11-4-2-3-5-14(11)19/h2-5,12-13,15-16,22,24H,6-10H2,1H3,(H2,20,21,23)/t12-,13+,15-,16+,18+/m0/s1. The number of aliphatic hydroxyl groups excluding tert-OH is 1. The fourth-order valence-electron chi connectivity index (χ4n) is 3.90. The molecular formula is C18H25FN2O5. The van der Waals surface area contributed by atoms with Gasteiger partial charge in [-0.2, -0.15) is 0 Å². The minimum atomic E-state index is -1.33. The highest BCUT2D eigenvalue weighted by Gasteiger charge is 2.57. The van der Waals surface area contributed by atoms with Crippen molar-refractivity contribution in [2.75, 3.05) is 20.3 Å². The predicted octanol–water partition coefficient (Wildman–Crippen LogP) is 0.541. The first kappa shape index (κ1) is 19.0. The molecule has 3 rings (SSSR count). The Morgan fingerprint density at radius 3 is 2.92 bits per heavy atom. The highest BCUT2D eigenvalue weighted by molar-refractivity contribution is 5.74. The number of carbonyl (C=O) groups is 1. The molecule has 5 atom stereocenters. The summed E-state index contributed by atoms with van der Waals surface area (Å²) in [5, 5.41) is 26.5. The Hall–Kier alpha value is -1.74. The molecule has 0 bridgehead atoms. The minimum absolute atomic E-state index is 0.00952. The van der Waals surface area contributed by atoms with Gasteiger partial charge in [-0.3, -0.25) is 0 Å². The van der Waals surface area contributed by atoms with E-state index in [0.717, 1.165) is 0 Å². The summed E-state index contributed by atoms with van der Waals surface area (Å²) in [5.74, 6) is -0.597. The van der Waals surface area contributed by atoms with E-state index in [-0.39, 0.29) is 25.2 Å². The van der Waals surface area contributed by atoms with Crippen LogP contribution < -0.4 is 10.6 Å². The van der Waals surface area contributed by atoms with Crippen LogP contribution in [0.25, 0.3) is 0 Å². The lowest BCUT2D eigenvalue weighted by Crippen LogP contribution is -2.61. The SMILES string of the molecule is COC[C@H]1C[C@H]2C[C@H](O)[C@@H](NC(=O)NCc3ccccc3F)[C@@]2(O)CO1. The molecule has 26 heavy (non-hydrogen) atoms. The van der Waals surface area contributed by atoms with Crippen molar-refractivity contribution in [3.05, 3.63) is 35.6 Å². The number of methoxy groups -OCH3 is 1. The zero-order valence-corrected chi connectivity index (χ0v) is 14.7. The summed E-state index contributed by atoms with van der Waals surface area (Å²) < 4.78 is 24.3. The second-order valence-corrected chi connectivity index (χ2v) is 7.01. The summed E-state index contributed by atoms with van der Waals surface area (Å²) in [6.07, 6.45) is -0.0883. The number of halogens is 1. The third-order valence-corrected chi connectivity index (χ3v) is 5.29. The average Bonchev–Trinajstić information content (AvgIpc) is 2.85. The van der Waals surface area contributed by atoms with Crippen LogP contribution in [-0.2, 0) is 16.0 Å². The van der Waals surface area contributed by atoms with E-state index in [0.29, 0.717) is 25.0 Å². The predicted molar refractivity (Wildman–Crippen MR) is 90.9 cm³/mol. The Morgan fingerprint density at radius 1 is 1.42 bits per heavy atom. The van der Waals surface area contributed by atoms with Crippen LogP contribution in [0, 0.1) is 11.7 Å². The highest BCUT2D eigenvalue weighted by atomic mass is 19.1. The molecule has 7 nitrogen and oxygen atoms in total. The Bertz CT molecular complexity index is 646. The second-order valence-electron chi connectivity index (χ2n) is 7.01. The Labute approximate surface area is 151 Å². The van der Waals surface area contributed by atoms with E-state index in [9.17, 15) is 19.4 Å². The van der Waals surface area contributed by atoms with E-state index in [1.165, 1.54) is 6.07 Å². The normalized spacial score (nSPS) is 33.5. The lowest BCUT2D eigenvalue weighted by Gasteiger charge is -2.41. The van der Waals surface area contributed by atoms with Gasteiger partial charge in [0.2, 0.25) is 0 Å². The van der Waals surface area contributed by atoms with Crippen molar-refractivity contribution in [3.8, 4) is 0 Å². The molecule has 2 amide bonds. The smallest absolute Gasteiger partial charge is 0.315 e. The molecule has 2 fully saturated rings. The van der Waals surface area contributed by atoms with Gasteiger partial charge in [0.05, 0.1) is 31.5 Å². The first-order valence-corrected chi connectivity index (χ1v) is 8.72. The summed E-state index contributed by atoms with van der Waals surface area (Å²) >= 11 is 0. The van der Waals surface area contributed by atoms with Crippen molar-refractivity contribution in [2.24, 2.45) is 5.92 Å². The van der Waals surface area contributed by atoms with Crippen molar-refractivity contribution in [1.82, 2.24) is 10.6 Å². The second kappa shape index (κ2) is 7.87. The van der Waals surface area contributed by atoms with Crippen LogP contribution in [0.5, 0.6) is 0 Å². The number of urea groups is 1. The summed E-state index contributed by atoms with van der Waals surface area (Å²) in [5.41, 5.74) is -0.978. The molecule has 1 heterocycles. The van der Waals surface area contributed by atoms with Crippen LogP contribution in [0.4, 0.5) is 9.18 Å². The number of benzene rings is 1. The van der Waals surface area contributed by atoms with Crippen LogP contribution in [0.15, 0.2) is 24.3 Å². The number of fused-ring (bicyclic) bond motifs is 1. The van der Waals surface area contributed by atoms with Gasteiger partial charge in [-0.15, -0.1) is 0 Å². The summed E-state index contributed by atoms with van der Waals surface area (Å²) in [6, 6.07) is 4.72. The first-order chi connectivity index (χ1) is 12.4. The summed E-state index contributed by atoms with van der Waals surface area (Å²) in [4.78, 5) is 12.2. The molecule has 1 aromatic rings. The van der Waals surface area contributed by atoms with Gasteiger partial charge in [0, 0.05) is 19.2 Å². The molecule has 1 aliphatic heterocycles. The largest absolute Gasteiger partial charge is 0.391 e. The number of hydrogen-bond donors (Lipinski definition) is 4. The van der Waals surface area contributed by atoms with Crippen molar-refractivity contribution in [2.45, 2.75) is 43.2 Å². The topological polar surface area (TPSA) is 100 Å². The van der Waals surface area contributed by atoms with Crippen LogP contribution in [0.2, 0.25) is 0 Å². The number of amides is 2. The number of rotatable bonds is 5. The van der Waals surface area contributed by atoms with E-state index in [1.807, 2.05) is 0 Å². The lowest BCUT2D eigenvalue weighted by atomic mass is 9.82. The molecule has 0 unspecified atom stereocenters. The number of aliphatic hydroxyl groups is 2.